The van der Waals surface area contributed by atoms with Crippen LogP contribution in [0.1, 0.15) is 25.3 Å². The first kappa shape index (κ1) is 12.4. The Bertz CT molecular complexity index is 366. The summed E-state index contributed by atoms with van der Waals surface area (Å²) in [4.78, 5) is 10.7. The molecule has 0 aliphatic heterocycles. The molecule has 0 bridgehead atoms. The zero-order chi connectivity index (χ0) is 12.2. The number of benzene rings is 1. The van der Waals surface area contributed by atoms with Gasteiger partial charge in [0.1, 0.15) is 5.82 Å². The predicted octanol–water partition coefficient (Wildman–Crippen LogP) is 1.87. The monoisotopic (exact) mass is 227 g/mol. The highest BCUT2D eigenvalue weighted by molar-refractivity contribution is 5.65. The second-order valence-corrected chi connectivity index (χ2v) is 3.46. The number of carbonyl (C=O) groups excluding carboxylic acids is 1. The molecule has 1 aromatic carbocycles. The van der Waals surface area contributed by atoms with Gasteiger partial charge < -0.3 is 15.6 Å². The maximum atomic E-state index is 12.7. The van der Waals surface area contributed by atoms with Crippen molar-refractivity contribution in [1.29, 1.82) is 0 Å². The van der Waals surface area contributed by atoms with Crippen LogP contribution in [0.3, 0.4) is 0 Å². The molecule has 0 heterocycles. The van der Waals surface area contributed by atoms with Crippen molar-refractivity contribution in [2.24, 2.45) is 5.73 Å². The molecule has 0 saturated carbocycles. The van der Waals surface area contributed by atoms with E-state index >= 15 is 0 Å². The minimum Gasteiger partial charge on any atom is -0.413 e. The quantitative estimate of drug-likeness (QED) is 0.771. The molecule has 1 atom stereocenters. The highest BCUT2D eigenvalue weighted by Gasteiger charge is 2.32. The molecule has 0 spiro atoms. The number of primary amides is 1. The number of carbonyl (C=O) groups is 1. The van der Waals surface area contributed by atoms with Gasteiger partial charge in [-0.25, -0.2) is 9.18 Å². The van der Waals surface area contributed by atoms with Crippen LogP contribution in [0.4, 0.5) is 9.18 Å². The minimum absolute atomic E-state index is 0.196. The lowest BCUT2D eigenvalue weighted by molar-refractivity contribution is -0.173. The van der Waals surface area contributed by atoms with Crippen LogP contribution < -0.4 is 5.73 Å². The van der Waals surface area contributed by atoms with E-state index in [1.807, 2.05) is 6.92 Å². The maximum absolute atomic E-state index is 12.7. The summed E-state index contributed by atoms with van der Waals surface area (Å²) in [6, 6.07) is 5.07. The summed E-state index contributed by atoms with van der Waals surface area (Å²) in [6.07, 6.45) is -0.289. The van der Waals surface area contributed by atoms with Gasteiger partial charge in [0.2, 0.25) is 5.79 Å². The first-order valence-electron chi connectivity index (χ1n) is 4.95. The van der Waals surface area contributed by atoms with Gasteiger partial charge in [0.05, 0.1) is 0 Å². The first-order valence-corrected chi connectivity index (χ1v) is 4.95. The minimum atomic E-state index is -1.78. The molecule has 5 heteroatoms. The van der Waals surface area contributed by atoms with Gasteiger partial charge >= 0.3 is 6.09 Å². The van der Waals surface area contributed by atoms with Crippen molar-refractivity contribution in [3.63, 3.8) is 0 Å². The number of hydrogen-bond donors (Lipinski definition) is 2. The van der Waals surface area contributed by atoms with Crippen LogP contribution in [-0.2, 0) is 10.5 Å². The number of halogens is 1. The van der Waals surface area contributed by atoms with Crippen molar-refractivity contribution in [2.45, 2.75) is 25.6 Å². The van der Waals surface area contributed by atoms with Crippen molar-refractivity contribution >= 4 is 6.09 Å². The fraction of sp³-hybridized carbons (Fsp3) is 0.364. The SMILES string of the molecule is CCC[C@](O)(OC(N)=O)c1ccc(F)cc1. The highest BCUT2D eigenvalue weighted by Crippen LogP contribution is 2.28. The molecule has 0 aliphatic carbocycles. The summed E-state index contributed by atoms with van der Waals surface area (Å²) < 4.78 is 17.4. The van der Waals surface area contributed by atoms with Crippen molar-refractivity contribution in [1.82, 2.24) is 0 Å². The van der Waals surface area contributed by atoms with Gasteiger partial charge in [-0.3, -0.25) is 0 Å². The Hall–Kier alpha value is -1.62. The standard InChI is InChI=1S/C11H14FNO3/c1-2-7-11(15,16-10(13)14)8-3-5-9(12)6-4-8/h3-6,15H,2,7H2,1H3,(H2,13,14)/t11-/m0/s1. The average Bonchev–Trinajstić information content (AvgIpc) is 2.17. The third-order valence-corrected chi connectivity index (χ3v) is 2.15. The molecule has 4 nitrogen and oxygen atoms in total. The Morgan fingerprint density at radius 2 is 2.06 bits per heavy atom. The summed E-state index contributed by atoms with van der Waals surface area (Å²) in [5.41, 5.74) is 5.18. The van der Waals surface area contributed by atoms with Crippen molar-refractivity contribution in [3.8, 4) is 0 Å². The van der Waals surface area contributed by atoms with Gasteiger partial charge in [0.15, 0.2) is 0 Å². The van der Waals surface area contributed by atoms with Gasteiger partial charge in [-0.15, -0.1) is 0 Å². The van der Waals surface area contributed by atoms with Gasteiger partial charge in [-0.1, -0.05) is 6.92 Å². The molecule has 0 saturated heterocycles. The van der Waals surface area contributed by atoms with Crippen LogP contribution >= 0.6 is 0 Å². The molecule has 0 radical (unpaired) electrons. The molecule has 0 aromatic heterocycles. The van der Waals surface area contributed by atoms with E-state index in [1.54, 1.807) is 0 Å². The lowest BCUT2D eigenvalue weighted by atomic mass is 10.0. The second-order valence-electron chi connectivity index (χ2n) is 3.46. The summed E-state index contributed by atoms with van der Waals surface area (Å²) >= 11 is 0. The summed E-state index contributed by atoms with van der Waals surface area (Å²) in [7, 11) is 0. The highest BCUT2D eigenvalue weighted by atomic mass is 19.1. The second kappa shape index (κ2) is 4.94. The van der Waals surface area contributed by atoms with Gasteiger partial charge in [0.25, 0.3) is 0 Å². The zero-order valence-electron chi connectivity index (χ0n) is 8.94. The Labute approximate surface area is 92.8 Å². The van der Waals surface area contributed by atoms with E-state index < -0.39 is 17.7 Å². The predicted molar refractivity (Wildman–Crippen MR) is 55.9 cm³/mol. The lowest BCUT2D eigenvalue weighted by Gasteiger charge is -2.26. The van der Waals surface area contributed by atoms with E-state index in [-0.39, 0.29) is 6.42 Å². The van der Waals surface area contributed by atoms with Gasteiger partial charge in [-0.05, 0) is 30.7 Å². The van der Waals surface area contributed by atoms with E-state index in [0.29, 0.717) is 12.0 Å². The first-order chi connectivity index (χ1) is 7.48. The molecule has 16 heavy (non-hydrogen) atoms. The van der Waals surface area contributed by atoms with Crippen LogP contribution in [0.25, 0.3) is 0 Å². The van der Waals surface area contributed by atoms with Gasteiger partial charge in [-0.2, -0.15) is 0 Å². The Kier molecular flexibility index (Phi) is 3.84. The fourth-order valence-electron chi connectivity index (χ4n) is 1.47. The molecule has 88 valence electrons. The van der Waals surface area contributed by atoms with Crippen LogP contribution in [0.15, 0.2) is 24.3 Å². The normalized spacial score (nSPS) is 14.2. The summed E-state index contributed by atoms with van der Waals surface area (Å²) in [5, 5.41) is 10.1. The number of aliphatic hydroxyl groups is 1. The smallest absolute Gasteiger partial charge is 0.407 e. The molecule has 1 aromatic rings. The molecule has 0 fully saturated rings. The van der Waals surface area contributed by atoms with Crippen LogP contribution in [0, 0.1) is 5.82 Å². The number of nitrogens with two attached hydrogens (primary N) is 1. The number of amides is 1. The average molecular weight is 227 g/mol. The molecule has 0 unspecified atom stereocenters. The number of hydrogen-bond acceptors (Lipinski definition) is 3. The third kappa shape index (κ3) is 2.93. The zero-order valence-corrected chi connectivity index (χ0v) is 8.94. The van der Waals surface area contributed by atoms with Crippen molar-refractivity contribution < 1.29 is 19.0 Å². The molecule has 1 amide bonds. The van der Waals surface area contributed by atoms with Crippen LogP contribution in [0.5, 0.6) is 0 Å². The number of ether oxygens (including phenoxy) is 1. The summed E-state index contributed by atoms with van der Waals surface area (Å²) in [6.45, 7) is 1.82. The lowest BCUT2D eigenvalue weighted by Crippen LogP contribution is -2.34. The van der Waals surface area contributed by atoms with E-state index in [0.717, 1.165) is 0 Å². The van der Waals surface area contributed by atoms with Gasteiger partial charge in [0, 0.05) is 12.0 Å². The summed E-state index contributed by atoms with van der Waals surface area (Å²) in [5.74, 6) is -2.21. The van der Waals surface area contributed by atoms with Crippen LogP contribution in [-0.4, -0.2) is 11.2 Å². The molecular formula is C11H14FNO3. The van der Waals surface area contributed by atoms with E-state index in [1.165, 1.54) is 24.3 Å². The molecular weight excluding hydrogens is 213 g/mol. The van der Waals surface area contributed by atoms with Crippen molar-refractivity contribution in [2.75, 3.05) is 0 Å². The van der Waals surface area contributed by atoms with Crippen molar-refractivity contribution in [3.05, 3.63) is 35.6 Å². The van der Waals surface area contributed by atoms with E-state index in [9.17, 15) is 14.3 Å². The van der Waals surface area contributed by atoms with Crippen LogP contribution in [0.2, 0.25) is 0 Å². The fourth-order valence-corrected chi connectivity index (χ4v) is 1.47. The Balaban J connectivity index is 3.00. The number of rotatable bonds is 4. The Morgan fingerprint density at radius 1 is 1.50 bits per heavy atom. The topological polar surface area (TPSA) is 72.6 Å². The Morgan fingerprint density at radius 3 is 2.50 bits per heavy atom. The molecule has 0 aliphatic rings. The maximum Gasteiger partial charge on any atom is 0.407 e. The third-order valence-electron chi connectivity index (χ3n) is 2.15. The molecule has 1 rings (SSSR count). The van der Waals surface area contributed by atoms with E-state index in [2.05, 4.69) is 4.74 Å². The molecule has 3 N–H and O–H groups in total. The van der Waals surface area contributed by atoms with E-state index in [4.69, 9.17) is 5.73 Å². The largest absolute Gasteiger partial charge is 0.413 e.